The molecular weight excluding hydrogens is 314 g/mol. The van der Waals surface area contributed by atoms with Gasteiger partial charge in [-0.3, -0.25) is 0 Å². The molecule has 0 atom stereocenters. The average Bonchev–Trinajstić information content (AvgIpc) is 2.40. The number of anilines is 1. The van der Waals surface area contributed by atoms with Gasteiger partial charge >= 0.3 is 5.97 Å². The number of carbonyl (C=O) groups excluding carboxylic acids is 1. The summed E-state index contributed by atoms with van der Waals surface area (Å²) in [6.07, 6.45) is 2.88. The second-order valence-corrected chi connectivity index (χ2v) is 4.12. The Balaban J connectivity index is 2.62. The SMILES string of the molecule is COCCOC(=O)C(C#N)=CNc1ccnc(Br)c1. The van der Waals surface area contributed by atoms with Crippen LogP contribution in [0.15, 0.2) is 34.7 Å². The molecule has 1 aromatic rings. The molecule has 0 spiro atoms. The van der Waals surface area contributed by atoms with Gasteiger partial charge in [-0.2, -0.15) is 5.26 Å². The fraction of sp³-hybridized carbons (Fsp3) is 0.250. The minimum absolute atomic E-state index is 0.106. The highest BCUT2D eigenvalue weighted by Crippen LogP contribution is 2.13. The lowest BCUT2D eigenvalue weighted by Gasteiger charge is -2.04. The van der Waals surface area contributed by atoms with Crippen molar-refractivity contribution in [2.45, 2.75) is 0 Å². The number of methoxy groups -OCH3 is 1. The van der Waals surface area contributed by atoms with Gasteiger partial charge in [0.25, 0.3) is 0 Å². The van der Waals surface area contributed by atoms with E-state index >= 15 is 0 Å². The molecule has 0 aliphatic carbocycles. The average molecular weight is 326 g/mol. The zero-order valence-electron chi connectivity index (χ0n) is 10.2. The minimum Gasteiger partial charge on any atom is -0.459 e. The topological polar surface area (TPSA) is 84.2 Å². The van der Waals surface area contributed by atoms with Gasteiger partial charge in [0.1, 0.15) is 17.3 Å². The Morgan fingerprint density at radius 1 is 1.63 bits per heavy atom. The van der Waals surface area contributed by atoms with Crippen LogP contribution in [0.4, 0.5) is 5.69 Å². The minimum atomic E-state index is -0.694. The highest BCUT2D eigenvalue weighted by Gasteiger charge is 2.10. The van der Waals surface area contributed by atoms with Crippen molar-refractivity contribution in [3.05, 3.63) is 34.7 Å². The Bertz CT molecular complexity index is 511. The molecule has 1 N–H and O–H groups in total. The Labute approximate surface area is 119 Å². The summed E-state index contributed by atoms with van der Waals surface area (Å²) < 4.78 is 10.2. The third-order valence-electron chi connectivity index (χ3n) is 1.97. The van der Waals surface area contributed by atoms with E-state index in [1.807, 2.05) is 0 Å². The van der Waals surface area contributed by atoms with Gasteiger partial charge in [-0.15, -0.1) is 0 Å². The molecule has 19 heavy (non-hydrogen) atoms. The van der Waals surface area contributed by atoms with Crippen molar-refractivity contribution in [3.8, 4) is 6.07 Å². The van der Waals surface area contributed by atoms with E-state index in [1.165, 1.54) is 13.3 Å². The summed E-state index contributed by atoms with van der Waals surface area (Å²) in [6, 6.07) is 5.18. The molecule has 0 amide bonds. The van der Waals surface area contributed by atoms with Crippen LogP contribution in [-0.2, 0) is 14.3 Å². The smallest absolute Gasteiger partial charge is 0.350 e. The second kappa shape index (κ2) is 8.24. The maximum atomic E-state index is 11.5. The summed E-state index contributed by atoms with van der Waals surface area (Å²) in [5, 5.41) is 11.7. The molecule has 0 radical (unpaired) electrons. The van der Waals surface area contributed by atoms with E-state index in [1.54, 1.807) is 24.4 Å². The summed E-state index contributed by atoms with van der Waals surface area (Å²) >= 11 is 3.21. The number of hydrogen-bond acceptors (Lipinski definition) is 6. The molecule has 0 aliphatic rings. The fourth-order valence-electron chi connectivity index (χ4n) is 1.08. The number of nitriles is 1. The van der Waals surface area contributed by atoms with Gasteiger partial charge in [0.15, 0.2) is 5.57 Å². The molecule has 1 heterocycles. The quantitative estimate of drug-likeness (QED) is 0.282. The highest BCUT2D eigenvalue weighted by atomic mass is 79.9. The van der Waals surface area contributed by atoms with Crippen LogP contribution in [0.3, 0.4) is 0 Å². The lowest BCUT2D eigenvalue weighted by molar-refractivity contribution is -0.139. The van der Waals surface area contributed by atoms with Crippen molar-refractivity contribution in [2.24, 2.45) is 0 Å². The number of pyridine rings is 1. The van der Waals surface area contributed by atoms with Crippen molar-refractivity contribution in [1.82, 2.24) is 4.98 Å². The normalized spacial score (nSPS) is 10.7. The van der Waals surface area contributed by atoms with Gasteiger partial charge < -0.3 is 14.8 Å². The summed E-state index contributed by atoms with van der Waals surface area (Å²) in [4.78, 5) is 15.5. The van der Waals surface area contributed by atoms with Crippen molar-refractivity contribution >= 4 is 27.6 Å². The number of aromatic nitrogens is 1. The molecule has 6 nitrogen and oxygen atoms in total. The van der Waals surface area contributed by atoms with Gasteiger partial charge in [-0.1, -0.05) is 0 Å². The number of carbonyl (C=O) groups is 1. The van der Waals surface area contributed by atoms with Crippen LogP contribution in [0.1, 0.15) is 0 Å². The van der Waals surface area contributed by atoms with Crippen LogP contribution in [0.2, 0.25) is 0 Å². The molecule has 0 saturated heterocycles. The highest BCUT2D eigenvalue weighted by molar-refractivity contribution is 9.10. The number of hydrogen-bond donors (Lipinski definition) is 1. The largest absolute Gasteiger partial charge is 0.459 e. The number of halogens is 1. The van der Waals surface area contributed by atoms with E-state index in [-0.39, 0.29) is 18.8 Å². The lowest BCUT2D eigenvalue weighted by atomic mass is 10.3. The molecule has 0 aliphatic heterocycles. The van der Waals surface area contributed by atoms with Crippen molar-refractivity contribution in [1.29, 1.82) is 5.26 Å². The first-order valence-electron chi connectivity index (χ1n) is 5.31. The molecule has 0 fully saturated rings. The molecule has 0 unspecified atom stereocenters. The Morgan fingerprint density at radius 3 is 3.05 bits per heavy atom. The van der Waals surface area contributed by atoms with E-state index in [0.717, 1.165) is 0 Å². The van der Waals surface area contributed by atoms with Crippen LogP contribution >= 0.6 is 15.9 Å². The predicted molar refractivity (Wildman–Crippen MR) is 72.1 cm³/mol. The molecule has 0 saturated carbocycles. The summed E-state index contributed by atoms with van der Waals surface area (Å²) in [5.74, 6) is -0.694. The first kappa shape index (κ1) is 15.1. The molecule has 0 aromatic carbocycles. The Kier molecular flexibility index (Phi) is 6.57. The molecule has 100 valence electrons. The first-order chi connectivity index (χ1) is 9.17. The van der Waals surface area contributed by atoms with Gasteiger partial charge in [0, 0.05) is 25.2 Å². The zero-order chi connectivity index (χ0) is 14.1. The van der Waals surface area contributed by atoms with Crippen LogP contribution < -0.4 is 5.32 Å². The van der Waals surface area contributed by atoms with E-state index in [2.05, 4.69) is 26.2 Å². The van der Waals surface area contributed by atoms with Crippen LogP contribution in [0, 0.1) is 11.3 Å². The van der Waals surface area contributed by atoms with Crippen molar-refractivity contribution < 1.29 is 14.3 Å². The molecule has 1 rings (SSSR count). The van der Waals surface area contributed by atoms with E-state index in [0.29, 0.717) is 10.3 Å². The molecule has 1 aromatic heterocycles. The summed E-state index contributed by atoms with van der Waals surface area (Å²) in [6.45, 7) is 0.393. The monoisotopic (exact) mass is 325 g/mol. The van der Waals surface area contributed by atoms with Gasteiger partial charge in [0.2, 0.25) is 0 Å². The van der Waals surface area contributed by atoms with E-state index in [9.17, 15) is 4.79 Å². The lowest BCUT2D eigenvalue weighted by Crippen LogP contribution is -2.12. The standard InChI is InChI=1S/C12H12BrN3O3/c1-18-4-5-19-12(17)9(7-14)8-16-10-2-3-15-11(13)6-10/h2-3,6,8H,4-5H2,1H3,(H,15,16). The number of nitrogens with zero attached hydrogens (tertiary/aromatic N) is 2. The van der Waals surface area contributed by atoms with Gasteiger partial charge in [0.05, 0.1) is 6.61 Å². The number of nitrogens with one attached hydrogen (secondary N) is 1. The summed E-state index contributed by atoms with van der Waals surface area (Å²) in [5.41, 5.74) is 0.573. The van der Waals surface area contributed by atoms with Crippen molar-refractivity contribution in [3.63, 3.8) is 0 Å². The maximum Gasteiger partial charge on any atom is 0.350 e. The maximum absolute atomic E-state index is 11.5. The third kappa shape index (κ3) is 5.50. The molecular formula is C12H12BrN3O3. The molecule has 0 bridgehead atoms. The zero-order valence-corrected chi connectivity index (χ0v) is 11.8. The number of ether oxygens (including phenoxy) is 2. The predicted octanol–water partition coefficient (Wildman–Crippen LogP) is 1.85. The summed E-state index contributed by atoms with van der Waals surface area (Å²) in [7, 11) is 1.50. The van der Waals surface area contributed by atoms with E-state index < -0.39 is 5.97 Å². The third-order valence-corrected chi connectivity index (χ3v) is 2.40. The van der Waals surface area contributed by atoms with Crippen LogP contribution in [0.25, 0.3) is 0 Å². The Hall–Kier alpha value is -1.91. The Morgan fingerprint density at radius 2 is 2.42 bits per heavy atom. The fourth-order valence-corrected chi connectivity index (χ4v) is 1.44. The number of esters is 1. The molecule has 7 heteroatoms. The second-order valence-electron chi connectivity index (χ2n) is 3.31. The first-order valence-corrected chi connectivity index (χ1v) is 6.11. The van der Waals surface area contributed by atoms with E-state index in [4.69, 9.17) is 14.7 Å². The number of rotatable bonds is 6. The van der Waals surface area contributed by atoms with Gasteiger partial charge in [-0.05, 0) is 28.1 Å². The van der Waals surface area contributed by atoms with Crippen LogP contribution in [-0.4, -0.2) is 31.3 Å². The van der Waals surface area contributed by atoms with Crippen molar-refractivity contribution in [2.75, 3.05) is 25.6 Å². The van der Waals surface area contributed by atoms with Gasteiger partial charge in [-0.25, -0.2) is 9.78 Å². The van der Waals surface area contributed by atoms with Crippen LogP contribution in [0.5, 0.6) is 0 Å².